The summed E-state index contributed by atoms with van der Waals surface area (Å²) in [5.74, 6) is 0.934. The lowest BCUT2D eigenvalue weighted by Crippen LogP contribution is -2.63. The Balaban J connectivity index is 1.53. The van der Waals surface area contributed by atoms with Crippen molar-refractivity contribution in [1.29, 1.82) is 0 Å². The molecule has 0 aromatic carbocycles. The zero-order valence-electron chi connectivity index (χ0n) is 12.5. The number of aromatic nitrogens is 1. The maximum atomic E-state index is 4.60. The molecule has 4 heteroatoms. The van der Waals surface area contributed by atoms with E-state index >= 15 is 0 Å². The predicted octanol–water partition coefficient (Wildman–Crippen LogP) is 3.34. The summed E-state index contributed by atoms with van der Waals surface area (Å²) < 4.78 is 1.07. The molecule has 1 spiro atoms. The van der Waals surface area contributed by atoms with E-state index in [0.29, 0.717) is 11.6 Å². The summed E-state index contributed by atoms with van der Waals surface area (Å²) in [5.41, 5.74) is 1.61. The van der Waals surface area contributed by atoms with Gasteiger partial charge in [0.05, 0.1) is 5.69 Å². The van der Waals surface area contributed by atoms with Crippen LogP contribution in [0, 0.1) is 5.92 Å². The fraction of sp³-hybridized carbons (Fsp3) is 0.706. The minimum Gasteiger partial charge on any atom is -0.311 e. The normalized spacial score (nSPS) is 29.1. The maximum absolute atomic E-state index is 4.60. The van der Waals surface area contributed by atoms with Crippen molar-refractivity contribution in [2.24, 2.45) is 5.92 Å². The van der Waals surface area contributed by atoms with E-state index in [-0.39, 0.29) is 0 Å². The minimum absolute atomic E-state index is 0.403. The lowest BCUT2D eigenvalue weighted by molar-refractivity contribution is 0.0301. The molecule has 1 aromatic heterocycles. The van der Waals surface area contributed by atoms with E-state index < -0.39 is 0 Å². The summed E-state index contributed by atoms with van der Waals surface area (Å²) in [7, 11) is 0. The zero-order valence-corrected chi connectivity index (χ0v) is 14.1. The Morgan fingerprint density at radius 1 is 1.29 bits per heavy atom. The number of nitrogens with one attached hydrogen (secondary N) is 1. The molecule has 1 saturated heterocycles. The number of halogens is 1. The van der Waals surface area contributed by atoms with Gasteiger partial charge >= 0.3 is 0 Å². The van der Waals surface area contributed by atoms with Gasteiger partial charge in [-0.05, 0) is 59.7 Å². The van der Waals surface area contributed by atoms with Crippen LogP contribution in [-0.2, 0) is 6.54 Å². The van der Waals surface area contributed by atoms with E-state index in [1.165, 1.54) is 57.3 Å². The van der Waals surface area contributed by atoms with Gasteiger partial charge in [-0.25, -0.2) is 0 Å². The Morgan fingerprint density at radius 3 is 2.76 bits per heavy atom. The van der Waals surface area contributed by atoms with Crippen molar-refractivity contribution >= 4 is 15.9 Å². The van der Waals surface area contributed by atoms with Crippen molar-refractivity contribution in [2.45, 2.75) is 56.7 Å². The standard InChI is InChI=1S/C17H24BrN3/c18-14-5-6-15(19-9-14)10-21-11-16(13-3-4-13)20-12-17(21)7-1-2-8-17/h5-6,9,13,16,20H,1-4,7-8,10-12H2. The number of rotatable bonds is 3. The number of hydrogen-bond donors (Lipinski definition) is 1. The van der Waals surface area contributed by atoms with Gasteiger partial charge < -0.3 is 5.32 Å². The second-order valence-electron chi connectivity index (χ2n) is 7.10. The van der Waals surface area contributed by atoms with Crippen molar-refractivity contribution in [1.82, 2.24) is 15.2 Å². The summed E-state index contributed by atoms with van der Waals surface area (Å²) in [4.78, 5) is 7.36. The first kappa shape index (κ1) is 14.2. The van der Waals surface area contributed by atoms with Gasteiger partial charge in [-0.3, -0.25) is 9.88 Å². The molecule has 3 aliphatic rings. The molecule has 4 rings (SSSR count). The molecule has 1 N–H and O–H groups in total. The molecule has 3 fully saturated rings. The number of piperazine rings is 1. The fourth-order valence-corrected chi connectivity index (χ4v) is 4.43. The van der Waals surface area contributed by atoms with Crippen molar-refractivity contribution in [3.63, 3.8) is 0 Å². The highest BCUT2D eigenvalue weighted by molar-refractivity contribution is 9.10. The topological polar surface area (TPSA) is 28.2 Å². The Kier molecular flexibility index (Phi) is 3.80. The minimum atomic E-state index is 0.403. The number of pyridine rings is 1. The highest BCUT2D eigenvalue weighted by Gasteiger charge is 2.46. The highest BCUT2D eigenvalue weighted by Crippen LogP contribution is 2.41. The summed E-state index contributed by atoms with van der Waals surface area (Å²) >= 11 is 3.48. The fourth-order valence-electron chi connectivity index (χ4n) is 4.20. The quantitative estimate of drug-likeness (QED) is 0.906. The Labute approximate surface area is 135 Å². The molecule has 0 amide bonds. The molecular formula is C17H24BrN3. The van der Waals surface area contributed by atoms with Crippen LogP contribution in [0.5, 0.6) is 0 Å². The van der Waals surface area contributed by atoms with E-state index in [1.807, 2.05) is 6.20 Å². The molecular weight excluding hydrogens is 326 g/mol. The molecule has 1 atom stereocenters. The lowest BCUT2D eigenvalue weighted by atomic mass is 9.89. The molecule has 1 aromatic rings. The van der Waals surface area contributed by atoms with E-state index in [1.54, 1.807) is 0 Å². The van der Waals surface area contributed by atoms with Crippen LogP contribution in [0.1, 0.15) is 44.2 Å². The van der Waals surface area contributed by atoms with Crippen LogP contribution in [0.25, 0.3) is 0 Å². The summed E-state index contributed by atoms with van der Waals surface area (Å²) in [6.45, 7) is 3.41. The van der Waals surface area contributed by atoms with Gasteiger partial charge in [-0.15, -0.1) is 0 Å². The van der Waals surface area contributed by atoms with E-state index in [2.05, 4.69) is 43.3 Å². The van der Waals surface area contributed by atoms with Crippen molar-refractivity contribution in [3.05, 3.63) is 28.5 Å². The second kappa shape index (κ2) is 5.64. The van der Waals surface area contributed by atoms with Gasteiger partial charge in [0.2, 0.25) is 0 Å². The van der Waals surface area contributed by atoms with E-state index in [4.69, 9.17) is 0 Å². The molecule has 2 heterocycles. The SMILES string of the molecule is Brc1ccc(CN2CC(C3CC3)NCC23CCCC3)nc1. The smallest absolute Gasteiger partial charge is 0.0545 e. The van der Waals surface area contributed by atoms with Gasteiger partial charge in [0.15, 0.2) is 0 Å². The summed E-state index contributed by atoms with van der Waals surface area (Å²) in [6, 6.07) is 5.00. The summed E-state index contributed by atoms with van der Waals surface area (Å²) in [5, 5.41) is 3.87. The molecule has 114 valence electrons. The van der Waals surface area contributed by atoms with Crippen molar-refractivity contribution < 1.29 is 0 Å². The van der Waals surface area contributed by atoms with Gasteiger partial charge in [-0.1, -0.05) is 12.8 Å². The molecule has 21 heavy (non-hydrogen) atoms. The van der Waals surface area contributed by atoms with Crippen molar-refractivity contribution in [2.75, 3.05) is 13.1 Å². The third kappa shape index (κ3) is 2.90. The molecule has 1 aliphatic heterocycles. The van der Waals surface area contributed by atoms with E-state index in [9.17, 15) is 0 Å². The number of nitrogens with zero attached hydrogens (tertiary/aromatic N) is 2. The molecule has 2 saturated carbocycles. The van der Waals surface area contributed by atoms with Gasteiger partial charge in [0.25, 0.3) is 0 Å². The molecule has 0 bridgehead atoms. The monoisotopic (exact) mass is 349 g/mol. The molecule has 2 aliphatic carbocycles. The average Bonchev–Trinajstić information content (AvgIpc) is 3.24. The van der Waals surface area contributed by atoms with Crippen LogP contribution in [0.3, 0.4) is 0 Å². The van der Waals surface area contributed by atoms with Gasteiger partial charge in [-0.2, -0.15) is 0 Å². The van der Waals surface area contributed by atoms with Crippen LogP contribution in [0.15, 0.2) is 22.8 Å². The average molecular weight is 350 g/mol. The predicted molar refractivity (Wildman–Crippen MR) is 88.1 cm³/mol. The van der Waals surface area contributed by atoms with Crippen LogP contribution < -0.4 is 5.32 Å². The Hall–Kier alpha value is -0.450. The highest BCUT2D eigenvalue weighted by atomic mass is 79.9. The number of hydrogen-bond acceptors (Lipinski definition) is 3. The third-order valence-electron chi connectivity index (χ3n) is 5.65. The third-order valence-corrected chi connectivity index (χ3v) is 6.12. The van der Waals surface area contributed by atoms with Gasteiger partial charge in [0, 0.05) is 41.9 Å². The first-order chi connectivity index (χ1) is 10.3. The van der Waals surface area contributed by atoms with Crippen LogP contribution in [0.2, 0.25) is 0 Å². The molecule has 0 radical (unpaired) electrons. The first-order valence-corrected chi connectivity index (χ1v) is 9.13. The van der Waals surface area contributed by atoms with Crippen LogP contribution in [0.4, 0.5) is 0 Å². The largest absolute Gasteiger partial charge is 0.311 e. The molecule has 1 unspecified atom stereocenters. The molecule has 3 nitrogen and oxygen atoms in total. The summed E-state index contributed by atoms with van der Waals surface area (Å²) in [6.07, 6.45) is 10.3. The van der Waals surface area contributed by atoms with Gasteiger partial charge in [0.1, 0.15) is 0 Å². The Morgan fingerprint density at radius 2 is 2.10 bits per heavy atom. The van der Waals surface area contributed by atoms with Crippen molar-refractivity contribution in [3.8, 4) is 0 Å². The van der Waals surface area contributed by atoms with Crippen LogP contribution >= 0.6 is 15.9 Å². The Bertz CT molecular complexity index is 491. The second-order valence-corrected chi connectivity index (χ2v) is 8.02. The first-order valence-electron chi connectivity index (χ1n) is 8.34. The van der Waals surface area contributed by atoms with Crippen LogP contribution in [-0.4, -0.2) is 34.6 Å². The lowest BCUT2D eigenvalue weighted by Gasteiger charge is -2.48. The maximum Gasteiger partial charge on any atom is 0.0545 e. The zero-order chi connectivity index (χ0) is 14.3. The van der Waals surface area contributed by atoms with E-state index in [0.717, 1.165) is 16.9 Å².